The highest BCUT2D eigenvalue weighted by atomic mass is 35.6. The van der Waals surface area contributed by atoms with Crippen LogP contribution in [-0.2, 0) is 4.79 Å². The fourth-order valence-electron chi connectivity index (χ4n) is 1.03. The Hall–Kier alpha value is -0.0600. The second-order valence-corrected chi connectivity index (χ2v) is 6.42. The summed E-state index contributed by atoms with van der Waals surface area (Å²) in [6.07, 6.45) is 0.504. The minimum absolute atomic E-state index is 0.110. The Labute approximate surface area is 123 Å². The number of benzene rings is 1. The SMILES string of the molecule is O=CN(CC(Cl)(Cl)Cl)Nc1ccc(Cl)c(Cl)c1. The van der Waals surface area contributed by atoms with Gasteiger partial charge < -0.3 is 0 Å². The van der Waals surface area contributed by atoms with Crippen molar-refractivity contribution in [2.75, 3.05) is 12.0 Å². The minimum Gasteiger partial charge on any atom is -0.296 e. The van der Waals surface area contributed by atoms with Crippen molar-refractivity contribution in [1.29, 1.82) is 0 Å². The topological polar surface area (TPSA) is 32.3 Å². The lowest BCUT2D eigenvalue weighted by atomic mass is 10.3. The van der Waals surface area contributed by atoms with Gasteiger partial charge in [0, 0.05) is 0 Å². The number of rotatable bonds is 4. The van der Waals surface area contributed by atoms with Gasteiger partial charge in [-0.05, 0) is 18.2 Å². The summed E-state index contributed by atoms with van der Waals surface area (Å²) in [6, 6.07) is 4.78. The summed E-state index contributed by atoms with van der Waals surface area (Å²) in [7, 11) is 0. The van der Waals surface area contributed by atoms with Gasteiger partial charge in [0.15, 0.2) is 0 Å². The van der Waals surface area contributed by atoms with Crippen LogP contribution in [0.5, 0.6) is 0 Å². The van der Waals surface area contributed by atoms with Crippen LogP contribution in [0.2, 0.25) is 10.0 Å². The Kier molecular flexibility index (Phi) is 5.48. The lowest BCUT2D eigenvalue weighted by Crippen LogP contribution is -2.35. The molecule has 94 valence electrons. The van der Waals surface area contributed by atoms with Crippen LogP contribution in [0.25, 0.3) is 0 Å². The van der Waals surface area contributed by atoms with Crippen LogP contribution in [0.1, 0.15) is 0 Å². The van der Waals surface area contributed by atoms with E-state index in [1.54, 1.807) is 18.2 Å². The lowest BCUT2D eigenvalue weighted by Gasteiger charge is -2.23. The monoisotopic (exact) mass is 334 g/mol. The summed E-state index contributed by atoms with van der Waals surface area (Å²) in [4.78, 5) is 10.8. The molecule has 17 heavy (non-hydrogen) atoms. The van der Waals surface area contributed by atoms with Crippen LogP contribution in [0.3, 0.4) is 0 Å². The Balaban J connectivity index is 2.74. The highest BCUT2D eigenvalue weighted by molar-refractivity contribution is 6.67. The van der Waals surface area contributed by atoms with Crippen molar-refractivity contribution in [3.05, 3.63) is 28.2 Å². The molecule has 0 aromatic heterocycles. The summed E-state index contributed by atoms with van der Waals surface area (Å²) in [6.45, 7) is -0.110. The van der Waals surface area contributed by atoms with E-state index in [1.807, 2.05) is 0 Å². The maximum Gasteiger partial charge on any atom is 0.228 e. The highest BCUT2D eigenvalue weighted by Gasteiger charge is 2.23. The first-order chi connectivity index (χ1) is 7.81. The van der Waals surface area contributed by atoms with E-state index in [0.717, 1.165) is 5.01 Å². The molecule has 0 heterocycles. The first kappa shape index (κ1) is 15.0. The van der Waals surface area contributed by atoms with Gasteiger partial charge in [0.2, 0.25) is 10.2 Å². The zero-order valence-corrected chi connectivity index (χ0v) is 12.0. The molecule has 0 bridgehead atoms. The van der Waals surface area contributed by atoms with E-state index >= 15 is 0 Å². The van der Waals surface area contributed by atoms with Crippen LogP contribution in [0.4, 0.5) is 5.69 Å². The van der Waals surface area contributed by atoms with Crippen molar-refractivity contribution in [3.63, 3.8) is 0 Å². The molecule has 1 amide bonds. The molecule has 0 spiro atoms. The van der Waals surface area contributed by atoms with Gasteiger partial charge in [0.05, 0.1) is 22.3 Å². The fourth-order valence-corrected chi connectivity index (χ4v) is 1.71. The predicted molar refractivity (Wildman–Crippen MR) is 73.1 cm³/mol. The van der Waals surface area contributed by atoms with Gasteiger partial charge in [-0.2, -0.15) is 0 Å². The van der Waals surface area contributed by atoms with Crippen LogP contribution in [0, 0.1) is 0 Å². The standard InChI is InChI=1S/C9H7Cl5N2O/c10-7-2-1-6(3-8(7)11)15-16(5-17)4-9(12,13)14/h1-3,5,15H,4H2. The second-order valence-electron chi connectivity index (χ2n) is 3.09. The number of carbonyl (C=O) groups is 1. The van der Waals surface area contributed by atoms with Crippen LogP contribution < -0.4 is 5.43 Å². The third-order valence-electron chi connectivity index (χ3n) is 1.67. The minimum atomic E-state index is -1.57. The van der Waals surface area contributed by atoms with Gasteiger partial charge in [0.25, 0.3) is 0 Å². The highest BCUT2D eigenvalue weighted by Crippen LogP contribution is 2.28. The smallest absolute Gasteiger partial charge is 0.228 e. The molecule has 1 N–H and O–H groups in total. The van der Waals surface area contributed by atoms with Crippen LogP contribution >= 0.6 is 58.0 Å². The van der Waals surface area contributed by atoms with Crippen LogP contribution in [-0.4, -0.2) is 21.8 Å². The normalized spacial score (nSPS) is 11.1. The number of anilines is 1. The molecule has 0 saturated carbocycles. The molecular weight excluding hydrogens is 329 g/mol. The molecule has 0 radical (unpaired) electrons. The summed E-state index contributed by atoms with van der Waals surface area (Å²) in [5, 5.41) is 1.86. The van der Waals surface area contributed by atoms with E-state index in [-0.39, 0.29) is 6.54 Å². The first-order valence-corrected chi connectivity index (χ1v) is 6.21. The summed E-state index contributed by atoms with van der Waals surface area (Å²) < 4.78 is -1.57. The van der Waals surface area contributed by atoms with Crippen molar-refractivity contribution < 1.29 is 4.79 Å². The molecular formula is C9H7Cl5N2O. The summed E-state index contributed by atoms with van der Waals surface area (Å²) in [5.41, 5.74) is 3.28. The number of carbonyl (C=O) groups excluding carboxylic acids is 1. The maximum atomic E-state index is 10.8. The first-order valence-electron chi connectivity index (χ1n) is 4.32. The molecule has 1 aromatic rings. The molecule has 0 unspecified atom stereocenters. The molecule has 0 atom stereocenters. The lowest BCUT2D eigenvalue weighted by molar-refractivity contribution is -0.116. The largest absolute Gasteiger partial charge is 0.296 e. The molecule has 0 aliphatic heterocycles. The number of hydrogen-bond donors (Lipinski definition) is 1. The Morgan fingerprint density at radius 3 is 2.35 bits per heavy atom. The molecule has 0 fully saturated rings. The number of nitrogens with one attached hydrogen (secondary N) is 1. The van der Waals surface area contributed by atoms with Gasteiger partial charge in [-0.1, -0.05) is 58.0 Å². The quantitative estimate of drug-likeness (QED) is 0.509. The summed E-state index contributed by atoms with van der Waals surface area (Å²) >= 11 is 28.3. The second kappa shape index (κ2) is 6.21. The Bertz CT molecular complexity index is 407. The molecule has 1 rings (SSSR count). The zero-order valence-electron chi connectivity index (χ0n) is 8.26. The van der Waals surface area contributed by atoms with E-state index in [0.29, 0.717) is 22.1 Å². The van der Waals surface area contributed by atoms with Crippen LogP contribution in [0.15, 0.2) is 18.2 Å². The van der Waals surface area contributed by atoms with E-state index in [2.05, 4.69) is 5.43 Å². The number of halogens is 5. The van der Waals surface area contributed by atoms with Gasteiger partial charge in [-0.3, -0.25) is 15.2 Å². The number of alkyl halides is 3. The van der Waals surface area contributed by atoms with Gasteiger partial charge in [-0.25, -0.2) is 0 Å². The van der Waals surface area contributed by atoms with Crippen molar-refractivity contribution in [3.8, 4) is 0 Å². The number of nitrogens with zero attached hydrogens (tertiary/aromatic N) is 1. The number of hydrogen-bond acceptors (Lipinski definition) is 2. The van der Waals surface area contributed by atoms with E-state index in [1.165, 1.54) is 0 Å². The summed E-state index contributed by atoms with van der Waals surface area (Å²) in [5.74, 6) is 0. The third-order valence-corrected chi connectivity index (χ3v) is 2.77. The molecule has 3 nitrogen and oxygen atoms in total. The predicted octanol–water partition coefficient (Wildman–Crippen LogP) is 4.15. The molecule has 0 saturated heterocycles. The van der Waals surface area contributed by atoms with E-state index < -0.39 is 3.79 Å². The third kappa shape index (κ3) is 5.40. The maximum absolute atomic E-state index is 10.8. The van der Waals surface area contributed by atoms with Crippen molar-refractivity contribution >= 4 is 70.1 Å². The number of hydrazine groups is 1. The van der Waals surface area contributed by atoms with Crippen molar-refractivity contribution in [2.45, 2.75) is 3.79 Å². The van der Waals surface area contributed by atoms with E-state index in [4.69, 9.17) is 58.0 Å². The molecule has 8 heteroatoms. The molecule has 0 aliphatic rings. The number of amides is 1. The fraction of sp³-hybridized carbons (Fsp3) is 0.222. The Morgan fingerprint density at radius 2 is 1.88 bits per heavy atom. The van der Waals surface area contributed by atoms with Gasteiger partial charge in [-0.15, -0.1) is 0 Å². The molecule has 1 aromatic carbocycles. The zero-order chi connectivity index (χ0) is 13.1. The van der Waals surface area contributed by atoms with Crippen molar-refractivity contribution in [2.24, 2.45) is 0 Å². The average molecular weight is 336 g/mol. The van der Waals surface area contributed by atoms with E-state index in [9.17, 15) is 4.79 Å². The molecule has 0 aliphatic carbocycles. The Morgan fingerprint density at radius 1 is 1.24 bits per heavy atom. The van der Waals surface area contributed by atoms with Gasteiger partial charge in [0.1, 0.15) is 0 Å². The van der Waals surface area contributed by atoms with Crippen molar-refractivity contribution in [1.82, 2.24) is 5.01 Å². The average Bonchev–Trinajstić information content (AvgIpc) is 2.20. The van der Waals surface area contributed by atoms with Gasteiger partial charge >= 0.3 is 0 Å².